The highest BCUT2D eigenvalue weighted by atomic mass is 35.7. The Morgan fingerprint density at radius 1 is 1.20 bits per heavy atom. The topological polar surface area (TPSA) is 43.4 Å². The number of hydrogen-bond donors (Lipinski definition) is 0. The van der Waals surface area contributed by atoms with Gasteiger partial charge < -0.3 is 4.74 Å². The van der Waals surface area contributed by atoms with Gasteiger partial charge in [0.25, 0.3) is 0 Å². The minimum absolute atomic E-state index is 0.0110. The van der Waals surface area contributed by atoms with Gasteiger partial charge in [0.15, 0.2) is 0 Å². The lowest BCUT2D eigenvalue weighted by Gasteiger charge is -2.31. The predicted octanol–water partition coefficient (Wildman–Crippen LogP) is 2.79. The Balaban J connectivity index is 4.75. The maximum Gasteiger partial charge on any atom is 0.233 e. The standard InChI is InChI=1S/C10H21ClO3S/c1-4-6-10(7-5-2,8-14-3)9-15(11,12)13/h4-9H2,1-3H3. The lowest BCUT2D eigenvalue weighted by molar-refractivity contribution is 0.0799. The van der Waals surface area contributed by atoms with Crippen LogP contribution in [0.15, 0.2) is 0 Å². The molecule has 0 rings (SSSR count). The van der Waals surface area contributed by atoms with Crippen LogP contribution in [0.1, 0.15) is 39.5 Å². The zero-order valence-corrected chi connectivity index (χ0v) is 11.3. The van der Waals surface area contributed by atoms with Crippen molar-refractivity contribution in [3.8, 4) is 0 Å². The highest BCUT2D eigenvalue weighted by Gasteiger charge is 2.33. The van der Waals surface area contributed by atoms with E-state index in [1.807, 2.05) is 13.8 Å². The molecule has 92 valence electrons. The molecule has 0 aliphatic heterocycles. The molecule has 0 heterocycles. The number of hydrogen-bond acceptors (Lipinski definition) is 3. The number of rotatable bonds is 8. The lowest BCUT2D eigenvalue weighted by atomic mass is 9.82. The van der Waals surface area contributed by atoms with Gasteiger partial charge in [-0.3, -0.25) is 0 Å². The van der Waals surface area contributed by atoms with Crippen molar-refractivity contribution < 1.29 is 13.2 Å². The van der Waals surface area contributed by atoms with Crippen molar-refractivity contribution in [1.82, 2.24) is 0 Å². The molecular formula is C10H21ClO3S. The first-order chi connectivity index (χ1) is 6.89. The van der Waals surface area contributed by atoms with Gasteiger partial charge >= 0.3 is 0 Å². The molecule has 0 unspecified atom stereocenters. The monoisotopic (exact) mass is 256 g/mol. The summed E-state index contributed by atoms with van der Waals surface area (Å²) in [6.45, 7) is 4.54. The number of halogens is 1. The summed E-state index contributed by atoms with van der Waals surface area (Å²) in [6.07, 6.45) is 3.55. The molecule has 0 aromatic heterocycles. The molecule has 3 nitrogen and oxygen atoms in total. The molecule has 0 N–H and O–H groups in total. The van der Waals surface area contributed by atoms with Gasteiger partial charge in [-0.15, -0.1) is 0 Å². The molecular weight excluding hydrogens is 236 g/mol. The summed E-state index contributed by atoms with van der Waals surface area (Å²) in [7, 11) is 3.48. The number of methoxy groups -OCH3 is 1. The van der Waals surface area contributed by atoms with Crippen LogP contribution in [0.3, 0.4) is 0 Å². The molecule has 0 fully saturated rings. The maximum atomic E-state index is 11.2. The van der Waals surface area contributed by atoms with E-state index in [0.717, 1.165) is 25.7 Å². The second-order valence-corrected chi connectivity index (χ2v) is 6.89. The van der Waals surface area contributed by atoms with Gasteiger partial charge in [-0.05, 0) is 12.8 Å². The summed E-state index contributed by atoms with van der Waals surface area (Å²) in [4.78, 5) is 0. The van der Waals surface area contributed by atoms with Crippen LogP contribution in [0.4, 0.5) is 0 Å². The maximum absolute atomic E-state index is 11.2. The molecule has 0 aliphatic rings. The molecule has 15 heavy (non-hydrogen) atoms. The first-order valence-electron chi connectivity index (χ1n) is 5.30. The fraction of sp³-hybridized carbons (Fsp3) is 1.00. The van der Waals surface area contributed by atoms with Crippen molar-refractivity contribution in [3.63, 3.8) is 0 Å². The fourth-order valence-corrected chi connectivity index (χ4v) is 3.99. The van der Waals surface area contributed by atoms with E-state index in [1.165, 1.54) is 0 Å². The van der Waals surface area contributed by atoms with E-state index in [2.05, 4.69) is 0 Å². The molecule has 0 saturated carbocycles. The summed E-state index contributed by atoms with van der Waals surface area (Å²) in [6, 6.07) is 0. The average molecular weight is 257 g/mol. The molecule has 0 radical (unpaired) electrons. The second kappa shape index (κ2) is 6.71. The number of ether oxygens (including phenoxy) is 1. The van der Waals surface area contributed by atoms with E-state index >= 15 is 0 Å². The zero-order valence-electron chi connectivity index (χ0n) is 9.75. The Morgan fingerprint density at radius 2 is 1.67 bits per heavy atom. The highest BCUT2D eigenvalue weighted by Crippen LogP contribution is 2.33. The Kier molecular flexibility index (Phi) is 6.80. The molecule has 0 bridgehead atoms. The van der Waals surface area contributed by atoms with Crippen molar-refractivity contribution in [2.75, 3.05) is 19.5 Å². The average Bonchev–Trinajstić information content (AvgIpc) is 2.01. The zero-order chi connectivity index (χ0) is 11.9. The van der Waals surface area contributed by atoms with Crippen molar-refractivity contribution in [2.45, 2.75) is 39.5 Å². The van der Waals surface area contributed by atoms with Gasteiger partial charge in [0.05, 0.1) is 12.4 Å². The lowest BCUT2D eigenvalue weighted by Crippen LogP contribution is -2.33. The summed E-state index contributed by atoms with van der Waals surface area (Å²) in [5.74, 6) is 0.0110. The third kappa shape index (κ3) is 6.38. The van der Waals surface area contributed by atoms with Crippen molar-refractivity contribution in [3.05, 3.63) is 0 Å². The van der Waals surface area contributed by atoms with E-state index in [9.17, 15) is 8.42 Å². The van der Waals surface area contributed by atoms with E-state index in [4.69, 9.17) is 15.4 Å². The van der Waals surface area contributed by atoms with Crippen LogP contribution >= 0.6 is 10.7 Å². The fourth-order valence-electron chi connectivity index (χ4n) is 2.19. The van der Waals surface area contributed by atoms with E-state index in [-0.39, 0.29) is 11.2 Å². The van der Waals surface area contributed by atoms with Gasteiger partial charge in [-0.1, -0.05) is 26.7 Å². The summed E-state index contributed by atoms with van der Waals surface area (Å²) in [5.41, 5.74) is -0.307. The first kappa shape index (κ1) is 15.2. The van der Waals surface area contributed by atoms with Crippen LogP contribution in [-0.2, 0) is 13.8 Å². The Labute approximate surface area is 97.6 Å². The van der Waals surface area contributed by atoms with E-state index in [1.54, 1.807) is 7.11 Å². The molecule has 0 aromatic rings. The molecule has 0 spiro atoms. The van der Waals surface area contributed by atoms with Crippen LogP contribution in [0.5, 0.6) is 0 Å². The summed E-state index contributed by atoms with van der Waals surface area (Å²) >= 11 is 0. The minimum Gasteiger partial charge on any atom is -0.384 e. The molecule has 0 atom stereocenters. The van der Waals surface area contributed by atoms with E-state index in [0.29, 0.717) is 6.61 Å². The van der Waals surface area contributed by atoms with Crippen LogP contribution < -0.4 is 0 Å². The third-order valence-corrected chi connectivity index (χ3v) is 3.77. The van der Waals surface area contributed by atoms with Gasteiger partial charge in [0.2, 0.25) is 9.05 Å². The highest BCUT2D eigenvalue weighted by molar-refractivity contribution is 8.13. The normalized spacial score (nSPS) is 13.1. The first-order valence-corrected chi connectivity index (χ1v) is 7.78. The largest absolute Gasteiger partial charge is 0.384 e. The summed E-state index contributed by atoms with van der Waals surface area (Å²) < 4.78 is 27.5. The van der Waals surface area contributed by atoms with Gasteiger partial charge in [-0.2, -0.15) is 0 Å². The third-order valence-electron chi connectivity index (χ3n) is 2.49. The second-order valence-electron chi connectivity index (χ2n) is 4.12. The SMILES string of the molecule is CCCC(CCC)(COC)CS(=O)(=O)Cl. The van der Waals surface area contributed by atoms with Crippen LogP contribution in [0.2, 0.25) is 0 Å². The molecule has 0 amide bonds. The Bertz CT molecular complexity index is 245. The van der Waals surface area contributed by atoms with E-state index < -0.39 is 9.05 Å². The predicted molar refractivity (Wildman–Crippen MR) is 63.8 cm³/mol. The smallest absolute Gasteiger partial charge is 0.233 e. The molecule has 0 aliphatic carbocycles. The van der Waals surface area contributed by atoms with Crippen LogP contribution in [0, 0.1) is 5.41 Å². The molecule has 0 aromatic carbocycles. The van der Waals surface area contributed by atoms with Crippen molar-refractivity contribution in [2.24, 2.45) is 5.41 Å². The quantitative estimate of drug-likeness (QED) is 0.628. The minimum atomic E-state index is -3.46. The Morgan fingerprint density at radius 3 is 1.93 bits per heavy atom. The summed E-state index contributed by atoms with van der Waals surface area (Å²) in [5, 5.41) is 0. The van der Waals surface area contributed by atoms with Crippen LogP contribution in [-0.4, -0.2) is 27.9 Å². The van der Waals surface area contributed by atoms with Crippen molar-refractivity contribution >= 4 is 19.7 Å². The molecule has 0 saturated heterocycles. The Hall–Kier alpha value is 0.200. The van der Waals surface area contributed by atoms with Gasteiger partial charge in [0.1, 0.15) is 0 Å². The van der Waals surface area contributed by atoms with Gasteiger partial charge in [0, 0.05) is 23.2 Å². The van der Waals surface area contributed by atoms with Gasteiger partial charge in [-0.25, -0.2) is 8.42 Å². The molecule has 5 heteroatoms. The van der Waals surface area contributed by atoms with Crippen LogP contribution in [0.25, 0.3) is 0 Å². The van der Waals surface area contributed by atoms with Crippen molar-refractivity contribution in [1.29, 1.82) is 0 Å².